The van der Waals surface area contributed by atoms with Gasteiger partial charge in [-0.1, -0.05) is 60.7 Å². The molecule has 0 aliphatic rings. The second-order valence-corrected chi connectivity index (χ2v) is 9.02. The smallest absolute Gasteiger partial charge is 0.152 e. The summed E-state index contributed by atoms with van der Waals surface area (Å²) in [5.41, 5.74) is 4.54. The van der Waals surface area contributed by atoms with Crippen LogP contribution >= 0.6 is 15.9 Å². The van der Waals surface area contributed by atoms with Gasteiger partial charge in [0.05, 0.1) is 11.8 Å². The third-order valence-corrected chi connectivity index (χ3v) is 5.25. The zero-order valence-corrected chi connectivity index (χ0v) is 19.7. The number of rotatable bonds is 6. The Morgan fingerprint density at radius 2 is 1.53 bits per heavy atom. The molecule has 1 heterocycles. The first-order valence-corrected chi connectivity index (χ1v) is 10.8. The number of aliphatic imine (C=N–C) groups is 1. The van der Waals surface area contributed by atoms with E-state index in [-0.39, 0.29) is 11.6 Å². The Bertz CT molecular complexity index is 970. The van der Waals surface area contributed by atoms with Gasteiger partial charge in [0.1, 0.15) is 5.69 Å². The molecular formula is C25H28BrN3O. The average Bonchev–Trinajstić information content (AvgIpc) is 2.73. The molecule has 3 rings (SSSR count). The van der Waals surface area contributed by atoms with Crippen molar-refractivity contribution in [2.24, 2.45) is 4.99 Å². The van der Waals surface area contributed by atoms with E-state index in [1.165, 1.54) is 0 Å². The van der Waals surface area contributed by atoms with Gasteiger partial charge in [-0.15, -0.1) is 0 Å². The molecule has 0 saturated heterocycles. The molecule has 2 aromatic carbocycles. The first kappa shape index (κ1) is 22.2. The second-order valence-electron chi connectivity index (χ2n) is 8.16. The van der Waals surface area contributed by atoms with Crippen LogP contribution in [0.1, 0.15) is 50.5 Å². The van der Waals surface area contributed by atoms with E-state index in [4.69, 9.17) is 9.73 Å². The van der Waals surface area contributed by atoms with Crippen LogP contribution in [-0.2, 0) is 4.74 Å². The SMILES string of the molecule is COC(C)c1c(Br)cnc(NC(C)(C)C)c1N=C(c1ccccc1)c1ccccc1. The zero-order chi connectivity index (χ0) is 21.7. The van der Waals surface area contributed by atoms with Gasteiger partial charge >= 0.3 is 0 Å². The van der Waals surface area contributed by atoms with E-state index in [2.05, 4.69) is 71.3 Å². The molecule has 0 amide bonds. The Labute approximate surface area is 187 Å². The number of pyridine rings is 1. The highest BCUT2D eigenvalue weighted by molar-refractivity contribution is 9.10. The fourth-order valence-corrected chi connectivity index (χ4v) is 3.77. The van der Waals surface area contributed by atoms with Crippen LogP contribution < -0.4 is 5.32 Å². The van der Waals surface area contributed by atoms with Crippen molar-refractivity contribution >= 4 is 33.1 Å². The van der Waals surface area contributed by atoms with Gasteiger partial charge in [0.2, 0.25) is 0 Å². The number of anilines is 1. The van der Waals surface area contributed by atoms with E-state index in [1.54, 1.807) is 7.11 Å². The predicted molar refractivity (Wildman–Crippen MR) is 129 cm³/mol. The highest BCUT2D eigenvalue weighted by Gasteiger charge is 2.22. The number of aromatic nitrogens is 1. The van der Waals surface area contributed by atoms with Crippen LogP contribution in [-0.4, -0.2) is 23.3 Å². The Balaban J connectivity index is 2.31. The van der Waals surface area contributed by atoms with Crippen molar-refractivity contribution in [3.05, 3.63) is 88.0 Å². The van der Waals surface area contributed by atoms with E-state index in [1.807, 2.05) is 49.5 Å². The monoisotopic (exact) mass is 465 g/mol. The summed E-state index contributed by atoms with van der Waals surface area (Å²) in [5, 5.41) is 3.51. The van der Waals surface area contributed by atoms with Crippen molar-refractivity contribution in [1.29, 1.82) is 0 Å². The molecule has 0 radical (unpaired) electrons. The molecule has 1 atom stereocenters. The van der Waals surface area contributed by atoms with Crippen LogP contribution in [0, 0.1) is 0 Å². The molecular weight excluding hydrogens is 438 g/mol. The minimum absolute atomic E-state index is 0.158. The van der Waals surface area contributed by atoms with Crippen LogP contribution in [0.25, 0.3) is 0 Å². The van der Waals surface area contributed by atoms with Gasteiger partial charge in [-0.2, -0.15) is 0 Å². The van der Waals surface area contributed by atoms with Crippen molar-refractivity contribution in [2.75, 3.05) is 12.4 Å². The summed E-state index contributed by atoms with van der Waals surface area (Å²) < 4.78 is 6.55. The summed E-state index contributed by atoms with van der Waals surface area (Å²) in [5.74, 6) is 0.731. The van der Waals surface area contributed by atoms with Crippen LogP contribution in [0.2, 0.25) is 0 Å². The fraction of sp³-hybridized carbons (Fsp3) is 0.280. The largest absolute Gasteiger partial charge is 0.377 e. The highest BCUT2D eigenvalue weighted by atomic mass is 79.9. The van der Waals surface area contributed by atoms with Crippen LogP contribution in [0.5, 0.6) is 0 Å². The molecule has 0 aliphatic carbocycles. The topological polar surface area (TPSA) is 46.5 Å². The quantitative estimate of drug-likeness (QED) is 0.401. The molecule has 156 valence electrons. The first-order valence-electron chi connectivity index (χ1n) is 9.99. The van der Waals surface area contributed by atoms with Crippen molar-refractivity contribution in [3.63, 3.8) is 0 Å². The van der Waals surface area contributed by atoms with E-state index in [0.717, 1.165) is 38.4 Å². The molecule has 1 unspecified atom stereocenters. The molecule has 30 heavy (non-hydrogen) atoms. The molecule has 5 heteroatoms. The van der Waals surface area contributed by atoms with Crippen molar-refractivity contribution in [3.8, 4) is 0 Å². The number of halogens is 1. The molecule has 0 saturated carbocycles. The standard InChI is InChI=1S/C25H28BrN3O/c1-17(30-5)21-20(26)16-27-24(29-25(2,3)4)23(21)28-22(18-12-8-6-9-13-18)19-14-10-7-11-15-19/h6-17H,1-5H3,(H,27,29). The summed E-state index contributed by atoms with van der Waals surface area (Å²) >= 11 is 3.67. The molecule has 0 fully saturated rings. The summed E-state index contributed by atoms with van der Waals surface area (Å²) in [6, 6.07) is 20.4. The van der Waals surface area contributed by atoms with Gasteiger partial charge in [0.25, 0.3) is 0 Å². The zero-order valence-electron chi connectivity index (χ0n) is 18.1. The lowest BCUT2D eigenvalue weighted by molar-refractivity contribution is 0.119. The molecule has 1 aromatic heterocycles. The summed E-state index contributed by atoms with van der Waals surface area (Å²) in [6.07, 6.45) is 1.65. The lowest BCUT2D eigenvalue weighted by atomic mass is 10.0. The Hall–Kier alpha value is -2.50. The lowest BCUT2D eigenvalue weighted by Gasteiger charge is -2.25. The second kappa shape index (κ2) is 9.54. The number of nitrogens with zero attached hydrogens (tertiary/aromatic N) is 2. The Morgan fingerprint density at radius 1 is 1.00 bits per heavy atom. The third-order valence-electron chi connectivity index (χ3n) is 4.62. The van der Waals surface area contributed by atoms with Crippen LogP contribution in [0.15, 0.2) is 76.3 Å². The fourth-order valence-electron chi connectivity index (χ4n) is 3.16. The minimum Gasteiger partial charge on any atom is -0.377 e. The van der Waals surface area contributed by atoms with Gasteiger partial charge in [0, 0.05) is 40.0 Å². The lowest BCUT2D eigenvalue weighted by Crippen LogP contribution is -2.27. The number of nitrogens with one attached hydrogen (secondary N) is 1. The van der Waals surface area contributed by atoms with Crippen molar-refractivity contribution in [2.45, 2.75) is 39.3 Å². The highest BCUT2D eigenvalue weighted by Crippen LogP contribution is 2.40. The number of hydrogen-bond donors (Lipinski definition) is 1. The normalized spacial score (nSPS) is 12.3. The number of ether oxygens (including phenoxy) is 1. The molecule has 0 spiro atoms. The number of methoxy groups -OCH3 is 1. The summed E-state index contributed by atoms with van der Waals surface area (Å²) in [4.78, 5) is 9.86. The maximum absolute atomic E-state index is 5.68. The number of hydrogen-bond acceptors (Lipinski definition) is 4. The molecule has 1 N–H and O–H groups in total. The van der Waals surface area contributed by atoms with Crippen molar-refractivity contribution < 1.29 is 4.74 Å². The predicted octanol–water partition coefficient (Wildman–Crippen LogP) is 6.93. The maximum Gasteiger partial charge on any atom is 0.152 e. The van der Waals surface area contributed by atoms with Crippen LogP contribution in [0.4, 0.5) is 11.5 Å². The maximum atomic E-state index is 5.68. The van der Waals surface area contributed by atoms with E-state index in [9.17, 15) is 0 Å². The van der Waals surface area contributed by atoms with Gasteiger partial charge in [0.15, 0.2) is 5.82 Å². The third kappa shape index (κ3) is 5.35. The summed E-state index contributed by atoms with van der Waals surface area (Å²) in [6.45, 7) is 8.35. The van der Waals surface area contributed by atoms with E-state index < -0.39 is 0 Å². The first-order chi connectivity index (χ1) is 14.3. The van der Waals surface area contributed by atoms with Gasteiger partial charge in [-0.25, -0.2) is 9.98 Å². The Kier molecular flexibility index (Phi) is 7.06. The molecule has 0 aliphatic heterocycles. The molecule has 3 aromatic rings. The van der Waals surface area contributed by atoms with Crippen LogP contribution in [0.3, 0.4) is 0 Å². The van der Waals surface area contributed by atoms with E-state index >= 15 is 0 Å². The van der Waals surface area contributed by atoms with Gasteiger partial charge < -0.3 is 10.1 Å². The molecule has 4 nitrogen and oxygen atoms in total. The van der Waals surface area contributed by atoms with Gasteiger partial charge in [-0.3, -0.25) is 0 Å². The molecule has 0 bridgehead atoms. The minimum atomic E-state index is -0.168. The van der Waals surface area contributed by atoms with E-state index in [0.29, 0.717) is 0 Å². The van der Waals surface area contributed by atoms with Crippen molar-refractivity contribution in [1.82, 2.24) is 4.98 Å². The average molecular weight is 466 g/mol. The summed E-state index contributed by atoms with van der Waals surface area (Å²) in [7, 11) is 1.71. The number of benzene rings is 2. The van der Waals surface area contributed by atoms with Gasteiger partial charge in [-0.05, 0) is 43.6 Å². The Morgan fingerprint density at radius 3 is 2.00 bits per heavy atom.